The first kappa shape index (κ1) is 16.8. The van der Waals surface area contributed by atoms with Gasteiger partial charge in [-0.3, -0.25) is 4.79 Å². The Balaban J connectivity index is 2.07. The third-order valence-electron chi connectivity index (χ3n) is 6.07. The van der Waals surface area contributed by atoms with Crippen LogP contribution in [-0.4, -0.2) is 21.8 Å². The molecular formula is C18H32O3. The molecule has 0 atom stereocenters. The van der Waals surface area contributed by atoms with E-state index < -0.39 is 17.0 Å². The molecule has 2 aliphatic rings. The third-order valence-corrected chi connectivity index (χ3v) is 6.07. The number of aliphatic hydroxyl groups is 1. The number of hydrogen-bond acceptors (Lipinski definition) is 2. The Kier molecular flexibility index (Phi) is 4.72. The van der Waals surface area contributed by atoms with E-state index in [0.717, 1.165) is 51.4 Å². The van der Waals surface area contributed by atoms with Crippen molar-refractivity contribution in [1.82, 2.24) is 0 Å². The lowest BCUT2D eigenvalue weighted by Gasteiger charge is -2.45. The van der Waals surface area contributed by atoms with Crippen molar-refractivity contribution < 1.29 is 15.0 Å². The first-order chi connectivity index (χ1) is 9.67. The maximum Gasteiger partial charge on any atom is 0.309 e. The van der Waals surface area contributed by atoms with Gasteiger partial charge in [-0.15, -0.1) is 0 Å². The average Bonchev–Trinajstić information content (AvgIpc) is 2.38. The van der Waals surface area contributed by atoms with Gasteiger partial charge in [-0.05, 0) is 56.3 Å². The third kappa shape index (κ3) is 3.80. The molecule has 122 valence electrons. The van der Waals surface area contributed by atoms with Gasteiger partial charge < -0.3 is 10.2 Å². The summed E-state index contributed by atoms with van der Waals surface area (Å²) in [7, 11) is 0. The summed E-state index contributed by atoms with van der Waals surface area (Å²) in [5.74, 6) is -0.0835. The smallest absolute Gasteiger partial charge is 0.309 e. The zero-order chi connectivity index (χ0) is 15.7. The lowest BCUT2D eigenvalue weighted by Crippen LogP contribution is -2.45. The molecular weight excluding hydrogens is 264 g/mol. The van der Waals surface area contributed by atoms with Crippen molar-refractivity contribution in [2.45, 2.75) is 90.6 Å². The molecule has 21 heavy (non-hydrogen) atoms. The summed E-state index contributed by atoms with van der Waals surface area (Å²) in [5, 5.41) is 20.6. The molecule has 2 N–H and O–H groups in total. The molecule has 0 aromatic heterocycles. The number of carbonyl (C=O) groups is 1. The summed E-state index contributed by atoms with van der Waals surface area (Å²) in [6.07, 6.45) is 8.70. The van der Waals surface area contributed by atoms with Crippen LogP contribution in [0.15, 0.2) is 0 Å². The molecule has 3 heteroatoms. The number of aliphatic carboxylic acids is 1. The van der Waals surface area contributed by atoms with Crippen molar-refractivity contribution in [1.29, 1.82) is 0 Å². The van der Waals surface area contributed by atoms with Gasteiger partial charge in [0.05, 0.1) is 11.0 Å². The number of hydrogen-bond donors (Lipinski definition) is 2. The van der Waals surface area contributed by atoms with Crippen molar-refractivity contribution >= 4 is 5.97 Å². The van der Waals surface area contributed by atoms with Gasteiger partial charge in [0.15, 0.2) is 0 Å². The summed E-state index contributed by atoms with van der Waals surface area (Å²) in [4.78, 5) is 11.9. The highest BCUT2D eigenvalue weighted by atomic mass is 16.4. The Morgan fingerprint density at radius 3 is 2.00 bits per heavy atom. The molecule has 0 amide bonds. The van der Waals surface area contributed by atoms with Crippen LogP contribution in [0, 0.1) is 16.7 Å². The highest BCUT2D eigenvalue weighted by Gasteiger charge is 2.48. The molecule has 2 saturated carbocycles. The molecule has 2 fully saturated rings. The quantitative estimate of drug-likeness (QED) is 0.812. The van der Waals surface area contributed by atoms with E-state index in [9.17, 15) is 15.0 Å². The minimum Gasteiger partial charge on any atom is -0.481 e. The van der Waals surface area contributed by atoms with E-state index in [-0.39, 0.29) is 5.41 Å². The van der Waals surface area contributed by atoms with Crippen LogP contribution < -0.4 is 0 Å². The van der Waals surface area contributed by atoms with Crippen molar-refractivity contribution in [3.63, 3.8) is 0 Å². The molecule has 0 unspecified atom stereocenters. The lowest BCUT2D eigenvalue weighted by molar-refractivity contribution is -0.159. The molecule has 0 aliphatic heterocycles. The predicted molar refractivity (Wildman–Crippen MR) is 84.1 cm³/mol. The molecule has 2 rings (SSSR count). The zero-order valence-electron chi connectivity index (χ0n) is 14.0. The Morgan fingerprint density at radius 1 is 1.05 bits per heavy atom. The summed E-state index contributed by atoms with van der Waals surface area (Å²) >= 11 is 0. The largest absolute Gasteiger partial charge is 0.481 e. The van der Waals surface area contributed by atoms with Crippen LogP contribution in [0.3, 0.4) is 0 Å². The molecule has 0 radical (unpaired) electrons. The van der Waals surface area contributed by atoms with Crippen LogP contribution in [-0.2, 0) is 4.79 Å². The van der Waals surface area contributed by atoms with Gasteiger partial charge in [-0.1, -0.05) is 40.0 Å². The molecule has 3 nitrogen and oxygen atoms in total. The van der Waals surface area contributed by atoms with Gasteiger partial charge in [0.2, 0.25) is 0 Å². The Morgan fingerprint density at radius 2 is 1.57 bits per heavy atom. The maximum atomic E-state index is 11.9. The second kappa shape index (κ2) is 5.91. The number of carboxylic acids is 1. The summed E-state index contributed by atoms with van der Waals surface area (Å²) in [6, 6.07) is 0. The van der Waals surface area contributed by atoms with Crippen LogP contribution in [0.2, 0.25) is 0 Å². The van der Waals surface area contributed by atoms with Gasteiger partial charge in [0, 0.05) is 0 Å². The van der Waals surface area contributed by atoms with Gasteiger partial charge in [0.1, 0.15) is 0 Å². The van der Waals surface area contributed by atoms with Gasteiger partial charge in [-0.2, -0.15) is 0 Å². The summed E-state index contributed by atoms with van der Waals surface area (Å²) < 4.78 is 0. The minimum atomic E-state index is -0.731. The van der Waals surface area contributed by atoms with E-state index in [4.69, 9.17) is 0 Å². The molecule has 0 heterocycles. The molecule has 0 bridgehead atoms. The van der Waals surface area contributed by atoms with E-state index in [1.54, 1.807) is 0 Å². The van der Waals surface area contributed by atoms with Crippen LogP contribution in [0.4, 0.5) is 0 Å². The monoisotopic (exact) mass is 296 g/mol. The fraction of sp³-hybridized carbons (Fsp3) is 0.944. The van der Waals surface area contributed by atoms with Crippen LogP contribution in [0.5, 0.6) is 0 Å². The topological polar surface area (TPSA) is 57.5 Å². The van der Waals surface area contributed by atoms with Gasteiger partial charge in [-0.25, -0.2) is 0 Å². The molecule has 2 aliphatic carbocycles. The maximum absolute atomic E-state index is 11.9. The van der Waals surface area contributed by atoms with E-state index in [1.807, 2.05) is 0 Å². The fourth-order valence-electron chi connectivity index (χ4n) is 4.52. The molecule has 0 aromatic rings. The van der Waals surface area contributed by atoms with Crippen LogP contribution >= 0.6 is 0 Å². The first-order valence-electron chi connectivity index (χ1n) is 8.63. The van der Waals surface area contributed by atoms with Crippen LogP contribution in [0.25, 0.3) is 0 Å². The molecule has 0 aromatic carbocycles. The summed E-state index contributed by atoms with van der Waals surface area (Å²) in [6.45, 7) is 6.75. The first-order valence-corrected chi connectivity index (χ1v) is 8.63. The minimum absolute atomic E-state index is 0.256. The fourth-order valence-corrected chi connectivity index (χ4v) is 4.52. The van der Waals surface area contributed by atoms with Crippen molar-refractivity contribution in [2.24, 2.45) is 16.7 Å². The second-order valence-electron chi connectivity index (χ2n) is 8.69. The Hall–Kier alpha value is -0.570. The van der Waals surface area contributed by atoms with Gasteiger partial charge in [0.25, 0.3) is 0 Å². The van der Waals surface area contributed by atoms with Crippen molar-refractivity contribution in [3.05, 3.63) is 0 Å². The highest BCUT2D eigenvalue weighted by molar-refractivity contribution is 5.75. The van der Waals surface area contributed by atoms with E-state index in [2.05, 4.69) is 20.8 Å². The Labute approximate surface area is 129 Å². The van der Waals surface area contributed by atoms with Crippen molar-refractivity contribution in [3.8, 4) is 0 Å². The van der Waals surface area contributed by atoms with E-state index in [1.165, 1.54) is 6.42 Å². The van der Waals surface area contributed by atoms with E-state index >= 15 is 0 Å². The average molecular weight is 296 g/mol. The number of carboxylic acid groups (broad SMARTS) is 1. The van der Waals surface area contributed by atoms with E-state index in [0.29, 0.717) is 12.3 Å². The lowest BCUT2D eigenvalue weighted by atomic mass is 9.60. The molecule has 0 saturated heterocycles. The van der Waals surface area contributed by atoms with Gasteiger partial charge >= 0.3 is 5.97 Å². The van der Waals surface area contributed by atoms with Crippen molar-refractivity contribution in [2.75, 3.05) is 0 Å². The normalized spacial score (nSPS) is 33.6. The predicted octanol–water partition coefficient (Wildman–Crippen LogP) is 4.38. The highest BCUT2D eigenvalue weighted by Crippen LogP contribution is 2.50. The number of rotatable bonds is 3. The Bertz CT molecular complexity index is 366. The van der Waals surface area contributed by atoms with Crippen LogP contribution in [0.1, 0.15) is 85.0 Å². The zero-order valence-corrected chi connectivity index (χ0v) is 14.0. The standard InChI is InChI=1S/C18H32O3/c1-16(2,3)14-7-11-17(12-8-14,15(19)20)13-18(21)9-5-4-6-10-18/h14,21H,4-13H2,1-3H3,(H,19,20). The SMILES string of the molecule is CC(C)(C)C1CCC(CC2(O)CCCCC2)(C(=O)O)CC1. The summed E-state index contributed by atoms with van der Waals surface area (Å²) in [5.41, 5.74) is -1.16. The molecule has 0 spiro atoms. The second-order valence-corrected chi connectivity index (χ2v) is 8.69.